The van der Waals surface area contributed by atoms with Crippen LogP contribution in [0.15, 0.2) is 60.9 Å². The first-order valence-electron chi connectivity index (χ1n) is 8.26. The number of hydrogen-bond donors (Lipinski definition) is 1. The van der Waals surface area contributed by atoms with Crippen LogP contribution < -0.4 is 10.1 Å². The zero-order valence-electron chi connectivity index (χ0n) is 14.9. The number of benzene rings is 2. The summed E-state index contributed by atoms with van der Waals surface area (Å²) in [6, 6.07) is 12.3. The number of esters is 1. The van der Waals surface area contributed by atoms with E-state index in [4.69, 9.17) is 4.74 Å². The van der Waals surface area contributed by atoms with E-state index in [1.54, 1.807) is 24.3 Å². The average Bonchev–Trinajstić information content (AvgIpc) is 2.71. The SMILES string of the molecule is COC(=O)Cc1ccccc1Oc1ncc(C(=O)Nc2ccc(F)cc2)cn1. The normalized spacial score (nSPS) is 10.2. The maximum absolute atomic E-state index is 12.9. The molecular weight excluding hydrogens is 365 g/mol. The summed E-state index contributed by atoms with van der Waals surface area (Å²) in [7, 11) is 1.31. The molecule has 0 radical (unpaired) electrons. The van der Waals surface area contributed by atoms with E-state index in [1.807, 2.05) is 0 Å². The van der Waals surface area contributed by atoms with Crippen LogP contribution in [0.2, 0.25) is 0 Å². The highest BCUT2D eigenvalue weighted by Gasteiger charge is 2.12. The van der Waals surface area contributed by atoms with Crippen LogP contribution >= 0.6 is 0 Å². The minimum Gasteiger partial charge on any atom is -0.469 e. The second kappa shape index (κ2) is 8.72. The third-order valence-electron chi connectivity index (χ3n) is 3.73. The van der Waals surface area contributed by atoms with E-state index in [0.717, 1.165) is 0 Å². The van der Waals surface area contributed by atoms with Gasteiger partial charge in [-0.25, -0.2) is 14.4 Å². The van der Waals surface area contributed by atoms with Gasteiger partial charge in [0.15, 0.2) is 0 Å². The van der Waals surface area contributed by atoms with Gasteiger partial charge in [-0.05, 0) is 30.3 Å². The Hall–Kier alpha value is -3.81. The first-order valence-corrected chi connectivity index (χ1v) is 8.26. The molecule has 0 spiro atoms. The molecule has 0 aliphatic rings. The molecule has 0 bridgehead atoms. The highest BCUT2D eigenvalue weighted by molar-refractivity contribution is 6.03. The summed E-state index contributed by atoms with van der Waals surface area (Å²) in [4.78, 5) is 31.7. The van der Waals surface area contributed by atoms with Crippen molar-refractivity contribution < 1.29 is 23.5 Å². The number of ether oxygens (including phenoxy) is 2. The molecule has 1 amide bonds. The van der Waals surface area contributed by atoms with Crippen molar-refractivity contribution in [3.8, 4) is 11.8 Å². The molecule has 28 heavy (non-hydrogen) atoms. The molecule has 0 atom stereocenters. The maximum atomic E-state index is 12.9. The molecule has 142 valence electrons. The zero-order chi connectivity index (χ0) is 19.9. The molecule has 1 heterocycles. The molecule has 0 aliphatic heterocycles. The molecular formula is C20H16FN3O4. The molecule has 0 aliphatic carbocycles. The fourth-order valence-electron chi connectivity index (χ4n) is 2.30. The van der Waals surface area contributed by atoms with Gasteiger partial charge >= 0.3 is 12.0 Å². The lowest BCUT2D eigenvalue weighted by atomic mass is 10.1. The number of nitrogens with zero attached hydrogens (tertiary/aromatic N) is 2. The van der Waals surface area contributed by atoms with Crippen LogP contribution in [0.4, 0.5) is 10.1 Å². The van der Waals surface area contributed by atoms with Gasteiger partial charge in [-0.15, -0.1) is 0 Å². The van der Waals surface area contributed by atoms with Gasteiger partial charge in [0.25, 0.3) is 5.91 Å². The van der Waals surface area contributed by atoms with Crippen molar-refractivity contribution in [2.45, 2.75) is 6.42 Å². The molecule has 8 heteroatoms. The quantitative estimate of drug-likeness (QED) is 0.659. The molecule has 0 unspecified atom stereocenters. The zero-order valence-corrected chi connectivity index (χ0v) is 14.9. The standard InChI is InChI=1S/C20H16FN3O4/c1-27-18(25)10-13-4-2-3-5-17(13)28-20-22-11-14(12-23-20)19(26)24-16-8-6-15(21)7-9-16/h2-9,11-12H,10H2,1H3,(H,24,26). The van der Waals surface area contributed by atoms with Gasteiger partial charge in [0.1, 0.15) is 11.6 Å². The molecule has 0 saturated heterocycles. The van der Waals surface area contributed by atoms with Gasteiger partial charge in [-0.3, -0.25) is 9.59 Å². The highest BCUT2D eigenvalue weighted by Crippen LogP contribution is 2.23. The number of carbonyl (C=O) groups excluding carboxylic acids is 2. The van der Waals surface area contributed by atoms with E-state index in [0.29, 0.717) is 17.0 Å². The van der Waals surface area contributed by atoms with Crippen molar-refractivity contribution in [2.75, 3.05) is 12.4 Å². The van der Waals surface area contributed by atoms with Crippen LogP contribution in [0.5, 0.6) is 11.8 Å². The Morgan fingerprint density at radius 3 is 2.39 bits per heavy atom. The molecule has 3 rings (SSSR count). The average molecular weight is 381 g/mol. The fraction of sp³-hybridized carbons (Fsp3) is 0.100. The van der Waals surface area contributed by atoms with Gasteiger partial charge in [0.05, 0.1) is 19.1 Å². The number of methoxy groups -OCH3 is 1. The van der Waals surface area contributed by atoms with Crippen molar-refractivity contribution in [3.63, 3.8) is 0 Å². The summed E-state index contributed by atoms with van der Waals surface area (Å²) in [5.41, 5.74) is 1.28. The second-order valence-corrected chi connectivity index (χ2v) is 5.68. The van der Waals surface area contributed by atoms with Gasteiger partial charge in [-0.2, -0.15) is 0 Å². The molecule has 0 fully saturated rings. The highest BCUT2D eigenvalue weighted by atomic mass is 19.1. The third-order valence-corrected chi connectivity index (χ3v) is 3.73. The first-order chi connectivity index (χ1) is 13.5. The van der Waals surface area contributed by atoms with E-state index in [2.05, 4.69) is 20.0 Å². The number of nitrogens with one attached hydrogen (secondary N) is 1. The summed E-state index contributed by atoms with van der Waals surface area (Å²) in [5, 5.41) is 2.61. The van der Waals surface area contributed by atoms with Crippen molar-refractivity contribution in [3.05, 3.63) is 77.9 Å². The summed E-state index contributed by atoms with van der Waals surface area (Å²) >= 11 is 0. The summed E-state index contributed by atoms with van der Waals surface area (Å²) in [6.45, 7) is 0. The van der Waals surface area contributed by atoms with Gasteiger partial charge < -0.3 is 14.8 Å². The summed E-state index contributed by atoms with van der Waals surface area (Å²) in [5.74, 6) is -0.819. The van der Waals surface area contributed by atoms with Crippen LogP contribution in [0, 0.1) is 5.82 Å². The van der Waals surface area contributed by atoms with E-state index in [1.165, 1.54) is 43.8 Å². The molecule has 3 aromatic rings. The van der Waals surface area contributed by atoms with E-state index < -0.39 is 17.7 Å². The van der Waals surface area contributed by atoms with Crippen LogP contribution in [0.3, 0.4) is 0 Å². The summed E-state index contributed by atoms with van der Waals surface area (Å²) < 4.78 is 23.2. The van der Waals surface area contributed by atoms with Crippen molar-refractivity contribution in [1.29, 1.82) is 0 Å². The Labute approximate surface area is 160 Å². The predicted molar refractivity (Wildman–Crippen MR) is 98.6 cm³/mol. The van der Waals surface area contributed by atoms with Crippen molar-refractivity contribution in [2.24, 2.45) is 0 Å². The van der Waals surface area contributed by atoms with Crippen molar-refractivity contribution >= 4 is 17.6 Å². The number of para-hydroxylation sites is 1. The minimum atomic E-state index is -0.441. The van der Waals surface area contributed by atoms with E-state index in [9.17, 15) is 14.0 Å². The molecule has 0 saturated carbocycles. The van der Waals surface area contributed by atoms with Crippen LogP contribution in [0.25, 0.3) is 0 Å². The molecule has 1 N–H and O–H groups in total. The lowest BCUT2D eigenvalue weighted by Crippen LogP contribution is -2.12. The van der Waals surface area contributed by atoms with Gasteiger partial charge in [-0.1, -0.05) is 18.2 Å². The third kappa shape index (κ3) is 4.88. The Balaban J connectivity index is 1.68. The summed E-state index contributed by atoms with van der Waals surface area (Å²) in [6.07, 6.45) is 2.67. The number of halogens is 1. The first kappa shape index (κ1) is 19.0. The Morgan fingerprint density at radius 1 is 1.04 bits per heavy atom. The van der Waals surface area contributed by atoms with Crippen LogP contribution in [0.1, 0.15) is 15.9 Å². The minimum absolute atomic E-state index is 0.0237. The topological polar surface area (TPSA) is 90.4 Å². The lowest BCUT2D eigenvalue weighted by Gasteiger charge is -2.09. The van der Waals surface area contributed by atoms with E-state index in [-0.39, 0.29) is 18.0 Å². The molecule has 7 nitrogen and oxygen atoms in total. The largest absolute Gasteiger partial charge is 0.469 e. The van der Waals surface area contributed by atoms with Crippen molar-refractivity contribution in [1.82, 2.24) is 9.97 Å². The number of rotatable bonds is 6. The molecule has 2 aromatic carbocycles. The maximum Gasteiger partial charge on any atom is 0.321 e. The number of anilines is 1. The number of amides is 1. The smallest absolute Gasteiger partial charge is 0.321 e. The van der Waals surface area contributed by atoms with Crippen LogP contribution in [-0.4, -0.2) is 29.0 Å². The number of carbonyl (C=O) groups is 2. The fourth-order valence-corrected chi connectivity index (χ4v) is 2.30. The Bertz CT molecular complexity index is 976. The number of aromatic nitrogens is 2. The predicted octanol–water partition coefficient (Wildman–Crippen LogP) is 3.38. The molecule has 1 aromatic heterocycles. The van der Waals surface area contributed by atoms with Crippen LogP contribution in [-0.2, 0) is 16.0 Å². The van der Waals surface area contributed by atoms with Gasteiger partial charge in [0.2, 0.25) is 0 Å². The van der Waals surface area contributed by atoms with Gasteiger partial charge in [0, 0.05) is 23.6 Å². The Morgan fingerprint density at radius 2 is 1.71 bits per heavy atom. The number of hydrogen-bond acceptors (Lipinski definition) is 6. The monoisotopic (exact) mass is 381 g/mol. The lowest BCUT2D eigenvalue weighted by molar-refractivity contribution is -0.139. The Kier molecular flexibility index (Phi) is 5.91. The second-order valence-electron chi connectivity index (χ2n) is 5.68. The van der Waals surface area contributed by atoms with E-state index >= 15 is 0 Å².